The van der Waals surface area contributed by atoms with E-state index in [1.54, 1.807) is 0 Å². The Morgan fingerprint density at radius 3 is 2.41 bits per heavy atom. The lowest BCUT2D eigenvalue weighted by molar-refractivity contribution is -0.138. The summed E-state index contributed by atoms with van der Waals surface area (Å²) in [5, 5.41) is 0. The zero-order chi connectivity index (χ0) is 23.8. The second kappa shape index (κ2) is 9.46. The number of aromatic amines is 1. The fourth-order valence-electron chi connectivity index (χ4n) is 4.81. The summed E-state index contributed by atoms with van der Waals surface area (Å²) >= 11 is 1.49. The first-order chi connectivity index (χ1) is 16.4. The number of fused-ring (bicyclic) bond motifs is 1. The molecule has 0 aliphatic carbocycles. The minimum atomic E-state index is -0.588. The largest absolute Gasteiger partial charge is 0.350 e. The number of likely N-dealkylation sites (tertiary alicyclic amines) is 1. The molecule has 5 rings (SSSR count). The van der Waals surface area contributed by atoms with Crippen LogP contribution in [0.15, 0.2) is 30.3 Å². The van der Waals surface area contributed by atoms with Crippen molar-refractivity contribution < 1.29 is 18.4 Å². The molecule has 0 atom stereocenters. The van der Waals surface area contributed by atoms with Crippen molar-refractivity contribution in [1.29, 1.82) is 0 Å². The summed E-state index contributed by atoms with van der Waals surface area (Å²) in [4.78, 5) is 36.0. The molecule has 2 aromatic heterocycles. The second-order valence-electron chi connectivity index (χ2n) is 9.28. The quantitative estimate of drug-likeness (QED) is 0.612. The van der Waals surface area contributed by atoms with E-state index in [1.165, 1.54) is 23.5 Å². The maximum atomic E-state index is 14.0. The number of hydrogen-bond acceptors (Lipinski definition) is 4. The third-order valence-corrected chi connectivity index (χ3v) is 8.00. The number of benzene rings is 1. The number of hydrogen-bond donors (Lipinski definition) is 1. The summed E-state index contributed by atoms with van der Waals surface area (Å²) in [7, 11) is 2.07. The number of carbonyl (C=O) groups is 2. The Hall–Kier alpha value is -2.78. The van der Waals surface area contributed by atoms with Crippen molar-refractivity contribution >= 4 is 33.4 Å². The van der Waals surface area contributed by atoms with Gasteiger partial charge in [-0.2, -0.15) is 0 Å². The summed E-state index contributed by atoms with van der Waals surface area (Å²) in [5.41, 5.74) is 1.81. The first kappa shape index (κ1) is 23.0. The molecule has 2 amide bonds. The van der Waals surface area contributed by atoms with E-state index < -0.39 is 11.6 Å². The molecular weight excluding hydrogens is 458 g/mol. The van der Waals surface area contributed by atoms with Gasteiger partial charge in [0, 0.05) is 62.6 Å². The Morgan fingerprint density at radius 1 is 1.00 bits per heavy atom. The van der Waals surface area contributed by atoms with Crippen molar-refractivity contribution in [2.24, 2.45) is 5.92 Å². The maximum Gasteiger partial charge on any atom is 0.270 e. The molecule has 4 heterocycles. The van der Waals surface area contributed by atoms with Crippen molar-refractivity contribution in [3.05, 3.63) is 58.1 Å². The molecule has 3 aromatic rings. The molecule has 1 aromatic carbocycles. The number of nitrogens with zero attached hydrogens (tertiary/aromatic N) is 3. The summed E-state index contributed by atoms with van der Waals surface area (Å²) in [5.74, 6) is -0.974. The lowest BCUT2D eigenvalue weighted by Crippen LogP contribution is -2.51. The number of likely N-dealkylation sites (N-methyl/N-ethyl adjacent to an activating group) is 1. The van der Waals surface area contributed by atoms with Gasteiger partial charge in [-0.1, -0.05) is 6.07 Å². The molecule has 34 heavy (non-hydrogen) atoms. The van der Waals surface area contributed by atoms with E-state index in [0.717, 1.165) is 47.3 Å². The van der Waals surface area contributed by atoms with Crippen molar-refractivity contribution in [2.75, 3.05) is 46.3 Å². The number of piperazine rings is 1. The van der Waals surface area contributed by atoms with Crippen molar-refractivity contribution in [3.8, 4) is 0 Å². The molecule has 0 spiro atoms. The molecule has 2 fully saturated rings. The van der Waals surface area contributed by atoms with Gasteiger partial charge in [0.1, 0.15) is 17.3 Å². The van der Waals surface area contributed by atoms with Crippen LogP contribution >= 0.6 is 11.3 Å². The van der Waals surface area contributed by atoms with Crippen LogP contribution in [0.4, 0.5) is 8.78 Å². The van der Waals surface area contributed by atoms with Gasteiger partial charge < -0.3 is 19.7 Å². The van der Waals surface area contributed by atoms with Crippen LogP contribution in [0.25, 0.3) is 10.2 Å². The van der Waals surface area contributed by atoms with Crippen LogP contribution in [-0.4, -0.2) is 77.8 Å². The topological polar surface area (TPSA) is 59.6 Å². The maximum absolute atomic E-state index is 14.0. The highest BCUT2D eigenvalue weighted by atomic mass is 32.1. The predicted octanol–water partition coefficient (Wildman–Crippen LogP) is 3.72. The summed E-state index contributed by atoms with van der Waals surface area (Å²) in [6, 6.07) is 7.38. The molecule has 0 bridgehead atoms. The SMILES string of the molecule is CN1CCN(C(=O)C2CCN(C(=O)c3cc4sc(Cc5ccc(F)cc5F)cc4[nH]3)CC2)CC1. The molecule has 0 radical (unpaired) electrons. The molecule has 2 aliphatic heterocycles. The lowest BCUT2D eigenvalue weighted by atomic mass is 9.94. The third kappa shape index (κ3) is 4.72. The van der Waals surface area contributed by atoms with Gasteiger partial charge in [-0.05, 0) is 43.7 Å². The van der Waals surface area contributed by atoms with Crippen LogP contribution in [0.1, 0.15) is 33.8 Å². The number of halogens is 2. The van der Waals surface area contributed by atoms with E-state index in [-0.39, 0.29) is 17.7 Å². The van der Waals surface area contributed by atoms with Crippen molar-refractivity contribution in [3.63, 3.8) is 0 Å². The first-order valence-electron chi connectivity index (χ1n) is 11.7. The average Bonchev–Trinajstić information content (AvgIpc) is 3.39. The number of carbonyl (C=O) groups excluding carboxylic acids is 2. The number of rotatable bonds is 4. The molecule has 2 saturated heterocycles. The molecule has 1 N–H and O–H groups in total. The normalized spacial score (nSPS) is 18.1. The smallest absolute Gasteiger partial charge is 0.270 e. The molecule has 2 aliphatic rings. The number of aromatic nitrogens is 1. The van der Waals surface area contributed by atoms with Crippen molar-refractivity contribution in [1.82, 2.24) is 19.7 Å². The van der Waals surface area contributed by atoms with Crippen LogP contribution in [0.2, 0.25) is 0 Å². The van der Waals surface area contributed by atoms with Gasteiger partial charge in [0.25, 0.3) is 5.91 Å². The number of piperidine rings is 1. The Balaban J connectivity index is 1.19. The second-order valence-corrected chi connectivity index (χ2v) is 10.4. The van der Waals surface area contributed by atoms with E-state index >= 15 is 0 Å². The van der Waals surface area contributed by atoms with Crippen LogP contribution in [0.5, 0.6) is 0 Å². The Bertz CT molecular complexity index is 1180. The van der Waals surface area contributed by atoms with Crippen LogP contribution in [0, 0.1) is 17.6 Å². The Labute approximate surface area is 201 Å². The monoisotopic (exact) mass is 486 g/mol. The minimum Gasteiger partial charge on any atom is -0.350 e. The van der Waals surface area contributed by atoms with E-state index in [9.17, 15) is 18.4 Å². The number of H-pyrrole nitrogens is 1. The van der Waals surface area contributed by atoms with E-state index in [4.69, 9.17) is 0 Å². The zero-order valence-electron chi connectivity index (χ0n) is 19.2. The van der Waals surface area contributed by atoms with E-state index in [0.29, 0.717) is 43.6 Å². The van der Waals surface area contributed by atoms with Gasteiger partial charge in [0.2, 0.25) is 5.91 Å². The van der Waals surface area contributed by atoms with Gasteiger partial charge >= 0.3 is 0 Å². The summed E-state index contributed by atoms with van der Waals surface area (Å²) in [6.45, 7) is 4.53. The number of thiophene rings is 1. The Kier molecular flexibility index (Phi) is 6.40. The molecule has 0 saturated carbocycles. The molecule has 6 nitrogen and oxygen atoms in total. The Morgan fingerprint density at radius 2 is 1.74 bits per heavy atom. The summed E-state index contributed by atoms with van der Waals surface area (Å²) < 4.78 is 28.0. The first-order valence-corrected chi connectivity index (χ1v) is 12.5. The highest BCUT2D eigenvalue weighted by molar-refractivity contribution is 7.19. The van der Waals surface area contributed by atoms with Crippen molar-refractivity contribution in [2.45, 2.75) is 19.3 Å². The fourth-order valence-corrected chi connectivity index (χ4v) is 5.90. The number of amides is 2. The summed E-state index contributed by atoms with van der Waals surface area (Å²) in [6.07, 6.45) is 1.76. The highest BCUT2D eigenvalue weighted by Crippen LogP contribution is 2.30. The van der Waals surface area contributed by atoms with Gasteiger partial charge in [-0.25, -0.2) is 8.78 Å². The minimum absolute atomic E-state index is 0.00555. The lowest BCUT2D eigenvalue weighted by Gasteiger charge is -2.37. The molecular formula is C25H28F2N4O2S. The van der Waals surface area contributed by atoms with E-state index in [2.05, 4.69) is 16.9 Å². The van der Waals surface area contributed by atoms with Crippen LogP contribution in [-0.2, 0) is 11.2 Å². The standard InChI is InChI=1S/C25H28F2N4O2S/c1-29-8-10-31(11-9-29)24(32)16-4-6-30(7-5-16)25(33)22-15-23-21(28-22)14-19(34-23)12-17-2-3-18(26)13-20(17)27/h2-3,13-16,28H,4-12H2,1H3. The van der Waals surface area contributed by atoms with E-state index in [1.807, 2.05) is 21.9 Å². The third-order valence-electron chi connectivity index (χ3n) is 6.91. The molecule has 0 unspecified atom stereocenters. The molecule has 180 valence electrons. The fraction of sp³-hybridized carbons (Fsp3) is 0.440. The van der Waals surface area contributed by atoms with Crippen LogP contribution < -0.4 is 0 Å². The number of nitrogens with one attached hydrogen (secondary N) is 1. The van der Waals surface area contributed by atoms with Crippen LogP contribution in [0.3, 0.4) is 0 Å². The van der Waals surface area contributed by atoms with Gasteiger partial charge in [0.05, 0.1) is 10.2 Å². The zero-order valence-corrected chi connectivity index (χ0v) is 20.0. The predicted molar refractivity (Wildman–Crippen MR) is 128 cm³/mol. The molecule has 9 heteroatoms. The van der Waals surface area contributed by atoms with Gasteiger partial charge in [0.15, 0.2) is 0 Å². The highest BCUT2D eigenvalue weighted by Gasteiger charge is 2.32. The average molecular weight is 487 g/mol. The van der Waals surface area contributed by atoms with Gasteiger partial charge in [-0.3, -0.25) is 9.59 Å². The van der Waals surface area contributed by atoms with Gasteiger partial charge in [-0.15, -0.1) is 11.3 Å².